The van der Waals surface area contributed by atoms with Gasteiger partial charge >= 0.3 is 6.18 Å². The van der Waals surface area contributed by atoms with Gasteiger partial charge in [-0.3, -0.25) is 4.79 Å². The van der Waals surface area contributed by atoms with Gasteiger partial charge in [-0.1, -0.05) is 12.1 Å². The molecule has 0 heterocycles. The number of halogens is 3. The average Bonchev–Trinajstić information content (AvgIpc) is 2.34. The molecule has 112 valence electrons. The van der Waals surface area contributed by atoms with E-state index in [2.05, 4.69) is 5.32 Å². The number of hydrogen-bond acceptors (Lipinski definition) is 2. The molecular formula is C14H19F3N2O. The third kappa shape index (κ3) is 7.13. The number of hydrogen-bond donors (Lipinski definition) is 2. The molecule has 0 fully saturated rings. The fourth-order valence-corrected chi connectivity index (χ4v) is 1.67. The second kappa shape index (κ2) is 7.28. The Morgan fingerprint density at radius 3 is 2.70 bits per heavy atom. The lowest BCUT2D eigenvalue weighted by molar-refractivity contribution is -0.134. The molecule has 20 heavy (non-hydrogen) atoms. The molecule has 0 aliphatic carbocycles. The van der Waals surface area contributed by atoms with E-state index in [-0.39, 0.29) is 18.4 Å². The molecule has 3 N–H and O–H groups in total. The maximum atomic E-state index is 12.1. The number of amides is 1. The Balaban J connectivity index is 2.53. The molecule has 1 aromatic carbocycles. The van der Waals surface area contributed by atoms with Gasteiger partial charge in [-0.05, 0) is 37.5 Å². The number of carbonyl (C=O) groups is 1. The van der Waals surface area contributed by atoms with Crippen molar-refractivity contribution in [3.05, 3.63) is 29.8 Å². The summed E-state index contributed by atoms with van der Waals surface area (Å²) in [5.74, 6) is -0.185. The smallest absolute Gasteiger partial charge is 0.328 e. The average molecular weight is 288 g/mol. The summed E-state index contributed by atoms with van der Waals surface area (Å²) in [6.45, 7) is 1.81. The summed E-state index contributed by atoms with van der Waals surface area (Å²) in [5.41, 5.74) is 6.61. The first-order valence-corrected chi connectivity index (χ1v) is 6.47. The molecule has 6 heteroatoms. The summed E-state index contributed by atoms with van der Waals surface area (Å²) < 4.78 is 36.4. The number of aryl methyl sites for hydroxylation is 1. The van der Waals surface area contributed by atoms with Crippen LogP contribution in [0.2, 0.25) is 0 Å². The first kappa shape index (κ1) is 16.5. The predicted octanol–water partition coefficient (Wildman–Crippen LogP) is 3.25. The van der Waals surface area contributed by atoms with Gasteiger partial charge in [0.15, 0.2) is 0 Å². The van der Waals surface area contributed by atoms with Crippen LogP contribution in [0.25, 0.3) is 0 Å². The molecule has 1 aromatic rings. The van der Waals surface area contributed by atoms with Crippen molar-refractivity contribution in [2.45, 2.75) is 44.8 Å². The van der Waals surface area contributed by atoms with Gasteiger partial charge in [0, 0.05) is 24.6 Å². The lowest BCUT2D eigenvalue weighted by atomic mass is 10.1. The van der Waals surface area contributed by atoms with Crippen molar-refractivity contribution in [2.75, 3.05) is 5.32 Å². The SMILES string of the molecule is CC(N)CCC(=O)Nc1cccc(CCC(F)(F)F)c1. The summed E-state index contributed by atoms with van der Waals surface area (Å²) in [5, 5.41) is 2.66. The zero-order valence-corrected chi connectivity index (χ0v) is 11.3. The minimum Gasteiger partial charge on any atom is -0.328 e. The molecular weight excluding hydrogens is 269 g/mol. The molecule has 3 nitrogen and oxygen atoms in total. The van der Waals surface area contributed by atoms with E-state index >= 15 is 0 Å². The second-order valence-electron chi connectivity index (χ2n) is 4.88. The number of nitrogens with one attached hydrogen (secondary N) is 1. The number of nitrogens with two attached hydrogens (primary N) is 1. The largest absolute Gasteiger partial charge is 0.389 e. The number of rotatable bonds is 6. The number of alkyl halides is 3. The van der Waals surface area contributed by atoms with Crippen molar-refractivity contribution < 1.29 is 18.0 Å². The van der Waals surface area contributed by atoms with Crippen LogP contribution in [0.5, 0.6) is 0 Å². The molecule has 1 atom stereocenters. The van der Waals surface area contributed by atoms with Crippen LogP contribution in [0.4, 0.5) is 18.9 Å². The van der Waals surface area contributed by atoms with Crippen LogP contribution < -0.4 is 11.1 Å². The Labute approximate surface area is 116 Å². The fourth-order valence-electron chi connectivity index (χ4n) is 1.67. The van der Waals surface area contributed by atoms with Gasteiger partial charge in [0.05, 0.1) is 0 Å². The molecule has 0 bridgehead atoms. The maximum absolute atomic E-state index is 12.1. The highest BCUT2D eigenvalue weighted by Crippen LogP contribution is 2.23. The van der Waals surface area contributed by atoms with Crippen molar-refractivity contribution in [1.82, 2.24) is 0 Å². The van der Waals surface area contributed by atoms with E-state index in [0.29, 0.717) is 24.1 Å². The van der Waals surface area contributed by atoms with Gasteiger partial charge < -0.3 is 11.1 Å². The van der Waals surface area contributed by atoms with Crippen molar-refractivity contribution >= 4 is 11.6 Å². The maximum Gasteiger partial charge on any atom is 0.389 e. The van der Waals surface area contributed by atoms with E-state index < -0.39 is 12.6 Å². The van der Waals surface area contributed by atoms with Crippen molar-refractivity contribution in [3.8, 4) is 0 Å². The first-order chi connectivity index (χ1) is 9.26. The van der Waals surface area contributed by atoms with Crippen LogP contribution in [0.3, 0.4) is 0 Å². The van der Waals surface area contributed by atoms with Crippen LogP contribution in [0.15, 0.2) is 24.3 Å². The van der Waals surface area contributed by atoms with Crippen LogP contribution in [0.1, 0.15) is 31.7 Å². The van der Waals surface area contributed by atoms with E-state index in [1.54, 1.807) is 24.3 Å². The zero-order chi connectivity index (χ0) is 15.2. The van der Waals surface area contributed by atoms with Crippen molar-refractivity contribution in [2.24, 2.45) is 5.73 Å². The molecule has 0 radical (unpaired) electrons. The molecule has 0 saturated carbocycles. The summed E-state index contributed by atoms with van der Waals surface area (Å²) >= 11 is 0. The molecule has 0 spiro atoms. The Kier molecular flexibility index (Phi) is 6.01. The standard InChI is InChI=1S/C14H19F3N2O/c1-10(18)5-6-13(20)19-12-4-2-3-11(9-12)7-8-14(15,16)17/h2-4,9-10H,5-8,18H2,1H3,(H,19,20). The lowest BCUT2D eigenvalue weighted by Crippen LogP contribution is -2.19. The second-order valence-corrected chi connectivity index (χ2v) is 4.88. The topological polar surface area (TPSA) is 55.1 Å². The van der Waals surface area contributed by atoms with Gasteiger partial charge in [0.1, 0.15) is 0 Å². The monoisotopic (exact) mass is 288 g/mol. The van der Waals surface area contributed by atoms with E-state index in [0.717, 1.165) is 0 Å². The fraction of sp³-hybridized carbons (Fsp3) is 0.500. The quantitative estimate of drug-likeness (QED) is 0.844. The van der Waals surface area contributed by atoms with Crippen LogP contribution in [0, 0.1) is 0 Å². The Bertz CT molecular complexity index is 444. The van der Waals surface area contributed by atoms with E-state index in [9.17, 15) is 18.0 Å². The Morgan fingerprint density at radius 1 is 1.40 bits per heavy atom. The van der Waals surface area contributed by atoms with Gasteiger partial charge in [-0.2, -0.15) is 13.2 Å². The molecule has 0 aliphatic heterocycles. The van der Waals surface area contributed by atoms with Gasteiger partial charge in [-0.15, -0.1) is 0 Å². The highest BCUT2D eigenvalue weighted by molar-refractivity contribution is 5.90. The predicted molar refractivity (Wildman–Crippen MR) is 72.3 cm³/mol. The number of benzene rings is 1. The van der Waals surface area contributed by atoms with Crippen LogP contribution in [-0.4, -0.2) is 18.1 Å². The number of anilines is 1. The molecule has 0 aromatic heterocycles. The highest BCUT2D eigenvalue weighted by Gasteiger charge is 2.26. The van der Waals surface area contributed by atoms with Crippen molar-refractivity contribution in [1.29, 1.82) is 0 Å². The van der Waals surface area contributed by atoms with E-state index in [1.165, 1.54) is 0 Å². The van der Waals surface area contributed by atoms with E-state index in [1.807, 2.05) is 6.92 Å². The summed E-state index contributed by atoms with van der Waals surface area (Å²) in [4.78, 5) is 11.6. The van der Waals surface area contributed by atoms with Gasteiger partial charge in [0.2, 0.25) is 5.91 Å². The minimum absolute atomic E-state index is 0.0566. The first-order valence-electron chi connectivity index (χ1n) is 6.47. The molecule has 1 rings (SSSR count). The van der Waals surface area contributed by atoms with Gasteiger partial charge in [0.25, 0.3) is 0 Å². The highest BCUT2D eigenvalue weighted by atomic mass is 19.4. The molecule has 1 amide bonds. The summed E-state index contributed by atoms with van der Waals surface area (Å²) in [6.07, 6.45) is -4.26. The number of carbonyl (C=O) groups excluding carboxylic acids is 1. The van der Waals surface area contributed by atoms with E-state index in [4.69, 9.17) is 5.73 Å². The molecule has 1 unspecified atom stereocenters. The lowest BCUT2D eigenvalue weighted by Gasteiger charge is -2.09. The molecule has 0 aliphatic rings. The normalized spacial score (nSPS) is 13.1. The summed E-state index contributed by atoms with van der Waals surface area (Å²) in [6, 6.07) is 6.41. The summed E-state index contributed by atoms with van der Waals surface area (Å²) in [7, 11) is 0. The van der Waals surface area contributed by atoms with Crippen LogP contribution >= 0.6 is 0 Å². The Morgan fingerprint density at radius 2 is 2.10 bits per heavy atom. The molecule has 0 saturated heterocycles. The zero-order valence-electron chi connectivity index (χ0n) is 11.3. The minimum atomic E-state index is -4.17. The van der Waals surface area contributed by atoms with Crippen LogP contribution in [-0.2, 0) is 11.2 Å². The third-order valence-electron chi connectivity index (χ3n) is 2.73. The van der Waals surface area contributed by atoms with Crippen molar-refractivity contribution in [3.63, 3.8) is 0 Å². The third-order valence-corrected chi connectivity index (χ3v) is 2.73. The Hall–Kier alpha value is -1.56. The van der Waals surface area contributed by atoms with Gasteiger partial charge in [-0.25, -0.2) is 0 Å².